The first kappa shape index (κ1) is 42.0. The molecule has 0 aliphatic heterocycles. The van der Waals surface area contributed by atoms with E-state index < -0.39 is 0 Å². The van der Waals surface area contributed by atoms with Crippen LogP contribution in [0.25, 0.3) is 42.3 Å². The molecule has 3 nitrogen and oxygen atoms in total. The summed E-state index contributed by atoms with van der Waals surface area (Å²) < 4.78 is 2.66. The number of nitrogens with zero attached hydrogens (tertiary/aromatic N) is 1. The number of benzene rings is 2. The molecule has 0 atom stereocenters. The molecule has 50 heavy (non-hydrogen) atoms. The molecule has 2 aromatic carbocycles. The first-order valence-corrected chi connectivity index (χ1v) is 19.8. The van der Waals surface area contributed by atoms with Gasteiger partial charge in [-0.1, -0.05) is 98.4 Å². The summed E-state index contributed by atoms with van der Waals surface area (Å²) in [7, 11) is 0. The summed E-state index contributed by atoms with van der Waals surface area (Å²) in [4.78, 5) is 19.9. The molecule has 6 heteroatoms. The number of rotatable bonds is 9. The van der Waals surface area contributed by atoms with Crippen LogP contribution in [0.1, 0.15) is 121 Å². The molecule has 0 aliphatic rings. The van der Waals surface area contributed by atoms with E-state index in [4.69, 9.17) is 4.98 Å². The van der Waals surface area contributed by atoms with E-state index in [1.54, 1.807) is 0 Å². The number of pyridine rings is 1. The van der Waals surface area contributed by atoms with Crippen molar-refractivity contribution in [1.82, 2.24) is 4.98 Å². The van der Waals surface area contributed by atoms with Crippen molar-refractivity contribution in [2.45, 2.75) is 128 Å². The quantitative estimate of drug-likeness (QED) is 0.0911. The predicted molar refractivity (Wildman–Crippen MR) is 217 cm³/mol. The second-order valence-corrected chi connectivity index (χ2v) is 18.2. The molecule has 0 unspecified atom stereocenters. The maximum absolute atomic E-state index is 11.7. The van der Waals surface area contributed by atoms with Crippen molar-refractivity contribution >= 4 is 59.5 Å². The largest absolute Gasteiger partial charge is 0.512 e. The molecule has 0 fully saturated rings. The molecule has 1 N–H and O–H groups in total. The van der Waals surface area contributed by atoms with Crippen LogP contribution < -0.4 is 0 Å². The Morgan fingerprint density at radius 1 is 0.880 bits per heavy atom. The average molecular weight is 889 g/mol. The Bertz CT molecular complexity index is 1980. The number of hydrogen-bond acceptors (Lipinski definition) is 5. The van der Waals surface area contributed by atoms with Gasteiger partial charge in [-0.25, -0.2) is 0 Å². The number of hydrogen-bond donors (Lipinski definition) is 1. The van der Waals surface area contributed by atoms with Crippen LogP contribution in [0.4, 0.5) is 0 Å². The predicted octanol–water partition coefficient (Wildman–Crippen LogP) is 13.8. The zero-order valence-corrected chi connectivity index (χ0v) is 36.6. The van der Waals surface area contributed by atoms with E-state index in [1.807, 2.05) is 50.4 Å². The van der Waals surface area contributed by atoms with Gasteiger partial charge in [0.25, 0.3) is 0 Å². The number of allylic oxidation sites excluding steroid dienone is 2. The van der Waals surface area contributed by atoms with E-state index in [0.29, 0.717) is 0 Å². The van der Waals surface area contributed by atoms with Gasteiger partial charge in [0.05, 0.1) is 16.0 Å². The van der Waals surface area contributed by atoms with Crippen LogP contribution in [0.3, 0.4) is 0 Å². The smallest absolute Gasteiger partial charge is 0.162 e. The average Bonchev–Trinajstić information content (AvgIpc) is 3.50. The number of carbonyl (C=O) groups excluding carboxylic acids is 1. The number of aryl methyl sites for hydroxylation is 3. The molecular weight excluding hydrogens is 831 g/mol. The summed E-state index contributed by atoms with van der Waals surface area (Å²) in [6, 6.07) is 14.8. The van der Waals surface area contributed by atoms with E-state index in [2.05, 4.69) is 98.7 Å². The molecule has 5 aromatic rings. The van der Waals surface area contributed by atoms with Gasteiger partial charge in [0.1, 0.15) is 0 Å². The first-order valence-electron chi connectivity index (χ1n) is 18.2. The third kappa shape index (κ3) is 9.16. The fourth-order valence-corrected chi connectivity index (χ4v) is 9.56. The van der Waals surface area contributed by atoms with E-state index in [1.165, 1.54) is 58.1 Å². The Balaban J connectivity index is 0.000000361. The van der Waals surface area contributed by atoms with Crippen molar-refractivity contribution < 1.29 is 30.0 Å². The minimum absolute atomic E-state index is 0. The standard InChI is InChI=1S/C31H34NS2.C13H24O2.Ir/c1-17-19(3)33-28-25-18(2)24(16-30(4,5)6)34-29(25)27(32-26(17)28)21-14-20-12-10-11-13-22(20)23(15-21)31(7,8)9;1-5-10(6-2)12(14)9-13(15)11(7-3)8-4;/h10-13,15H,16H2,1-9H3;9-11,14H,5-8H2,1-4H3;/q-1;;/b;12-9-;. The minimum atomic E-state index is 0. The number of aliphatic hydroxyl groups excluding tert-OH is 1. The number of fused-ring (bicyclic) bond motifs is 4. The third-order valence-corrected chi connectivity index (χ3v) is 12.4. The molecular formula is C44H58IrNO2S2-. The number of carbonyl (C=O) groups is 1. The second kappa shape index (κ2) is 17.0. The zero-order chi connectivity index (χ0) is 36.4. The van der Waals surface area contributed by atoms with E-state index in [9.17, 15) is 9.90 Å². The summed E-state index contributed by atoms with van der Waals surface area (Å²) in [5.41, 5.74) is 7.73. The van der Waals surface area contributed by atoms with Gasteiger partial charge in [-0.15, -0.1) is 51.8 Å². The van der Waals surface area contributed by atoms with Gasteiger partial charge in [-0.05, 0) is 74.8 Å². The van der Waals surface area contributed by atoms with Crippen LogP contribution in [0.2, 0.25) is 0 Å². The summed E-state index contributed by atoms with van der Waals surface area (Å²) >= 11 is 3.85. The van der Waals surface area contributed by atoms with Crippen molar-refractivity contribution in [1.29, 1.82) is 0 Å². The molecule has 3 aromatic heterocycles. The van der Waals surface area contributed by atoms with Gasteiger partial charge in [0, 0.05) is 63.6 Å². The Morgan fingerprint density at radius 3 is 2.04 bits per heavy atom. The summed E-state index contributed by atoms with van der Waals surface area (Å²) in [5, 5.41) is 13.6. The molecule has 273 valence electrons. The van der Waals surface area contributed by atoms with Gasteiger partial charge in [0.2, 0.25) is 0 Å². The Kier molecular flexibility index (Phi) is 14.3. The molecule has 1 radical (unpaired) electrons. The molecule has 0 bridgehead atoms. The molecule has 0 spiro atoms. The fourth-order valence-electron chi connectivity index (χ4n) is 6.67. The van der Waals surface area contributed by atoms with Crippen LogP contribution in [0.15, 0.2) is 42.2 Å². The van der Waals surface area contributed by atoms with E-state index in [0.717, 1.165) is 48.9 Å². The van der Waals surface area contributed by atoms with Gasteiger partial charge in [0.15, 0.2) is 5.78 Å². The first-order chi connectivity index (χ1) is 22.9. The normalized spacial score (nSPS) is 12.6. The number of thiophene rings is 2. The molecule has 0 aliphatic carbocycles. The summed E-state index contributed by atoms with van der Waals surface area (Å²) in [6.45, 7) is 28.7. The molecule has 0 saturated heterocycles. The number of ketones is 1. The van der Waals surface area contributed by atoms with Crippen LogP contribution in [0.5, 0.6) is 0 Å². The Hall–Kier alpha value is -2.37. The van der Waals surface area contributed by atoms with Crippen LogP contribution in [0, 0.1) is 44.1 Å². The van der Waals surface area contributed by atoms with Gasteiger partial charge < -0.3 is 5.11 Å². The Labute approximate surface area is 323 Å². The number of aromatic nitrogens is 1. The van der Waals surface area contributed by atoms with Crippen molar-refractivity contribution in [2.75, 3.05) is 0 Å². The molecule has 3 heterocycles. The maximum Gasteiger partial charge on any atom is 0.162 e. The zero-order valence-electron chi connectivity index (χ0n) is 32.6. The Morgan fingerprint density at radius 2 is 1.48 bits per heavy atom. The van der Waals surface area contributed by atoms with Crippen molar-refractivity contribution in [3.63, 3.8) is 0 Å². The minimum Gasteiger partial charge on any atom is -0.512 e. The summed E-state index contributed by atoms with van der Waals surface area (Å²) in [5.74, 6) is 0.547. The second-order valence-electron chi connectivity index (χ2n) is 15.9. The third-order valence-electron chi connectivity index (χ3n) is 9.88. The molecule has 5 rings (SSSR count). The number of aliphatic hydroxyl groups is 1. The SMILES string of the molecule is CCC(CC)C(=O)/C=C(\O)C(CC)CC.Cc1sc2c(nc(-c3[c-]c4ccccc4c(C(C)(C)C)c3)c3sc(CC(C)(C)C)c(C)c32)c1C.[Ir]. The summed E-state index contributed by atoms with van der Waals surface area (Å²) in [6.07, 6.45) is 5.99. The molecule has 0 amide bonds. The molecule has 0 saturated carbocycles. The monoisotopic (exact) mass is 889 g/mol. The van der Waals surface area contributed by atoms with Gasteiger partial charge in [-0.3, -0.25) is 9.78 Å². The van der Waals surface area contributed by atoms with E-state index in [-0.39, 0.29) is 54.3 Å². The van der Waals surface area contributed by atoms with Crippen molar-refractivity contribution in [3.05, 3.63) is 74.7 Å². The fraction of sp³-hybridized carbons (Fsp3) is 0.500. The van der Waals surface area contributed by atoms with Crippen LogP contribution in [-0.2, 0) is 36.7 Å². The van der Waals surface area contributed by atoms with Crippen molar-refractivity contribution in [3.8, 4) is 11.3 Å². The van der Waals surface area contributed by atoms with Crippen LogP contribution in [-0.4, -0.2) is 15.9 Å². The maximum atomic E-state index is 11.7. The van der Waals surface area contributed by atoms with E-state index >= 15 is 0 Å². The van der Waals surface area contributed by atoms with Crippen molar-refractivity contribution in [2.24, 2.45) is 17.3 Å². The van der Waals surface area contributed by atoms with Crippen LogP contribution >= 0.6 is 22.7 Å². The van der Waals surface area contributed by atoms with Gasteiger partial charge >= 0.3 is 0 Å². The topological polar surface area (TPSA) is 50.2 Å². The van der Waals surface area contributed by atoms with Gasteiger partial charge in [-0.2, -0.15) is 0 Å².